The number of fused-ring (bicyclic) bond motifs is 1. The number of aryl methyl sites for hydroxylation is 1. The summed E-state index contributed by atoms with van der Waals surface area (Å²) >= 11 is 0. The Balaban J connectivity index is 1.97. The quantitative estimate of drug-likeness (QED) is 0.850. The molecule has 6 nitrogen and oxygen atoms in total. The van der Waals surface area contributed by atoms with Gasteiger partial charge in [-0.25, -0.2) is 17.5 Å². The number of hydrogen-bond donors (Lipinski definition) is 1. The van der Waals surface area contributed by atoms with Crippen LogP contribution >= 0.6 is 0 Å². The van der Waals surface area contributed by atoms with Crippen LogP contribution in [0.1, 0.15) is 37.4 Å². The number of aromatic nitrogens is 1. The number of nitrogens with one attached hydrogen (secondary N) is 1. The summed E-state index contributed by atoms with van der Waals surface area (Å²) in [6.07, 6.45) is 4.07. The van der Waals surface area contributed by atoms with E-state index >= 15 is 0 Å². The van der Waals surface area contributed by atoms with Crippen LogP contribution in [0.3, 0.4) is 0 Å². The fourth-order valence-corrected chi connectivity index (χ4v) is 3.99. The second-order valence-corrected chi connectivity index (χ2v) is 8.71. The zero-order valence-electron chi connectivity index (χ0n) is 15.5. The third-order valence-electron chi connectivity index (χ3n) is 4.82. The molecule has 1 amide bonds. The standard InChI is InChI=1S/C19H22FN3O3S/c1-4-27(25,26)22-12(2)14-7-15(11-21-10-14)16-8-13-5-6-19(24)23(3)18(13)9-17(16)20/h7-12,22H,4-6H2,1-3H3. The maximum absolute atomic E-state index is 14.7. The smallest absolute Gasteiger partial charge is 0.227 e. The Hall–Kier alpha value is -2.32. The van der Waals surface area contributed by atoms with Gasteiger partial charge in [-0.3, -0.25) is 9.78 Å². The molecule has 8 heteroatoms. The van der Waals surface area contributed by atoms with E-state index < -0.39 is 21.9 Å². The lowest BCUT2D eigenvalue weighted by molar-refractivity contribution is -0.118. The minimum atomic E-state index is -3.37. The van der Waals surface area contributed by atoms with E-state index in [0.717, 1.165) is 5.56 Å². The van der Waals surface area contributed by atoms with Crippen LogP contribution in [-0.4, -0.2) is 32.1 Å². The molecule has 1 aliphatic heterocycles. The molecule has 27 heavy (non-hydrogen) atoms. The van der Waals surface area contributed by atoms with Crippen molar-refractivity contribution in [3.8, 4) is 11.1 Å². The van der Waals surface area contributed by atoms with E-state index in [9.17, 15) is 17.6 Å². The molecular weight excluding hydrogens is 369 g/mol. The molecule has 2 aromatic rings. The fraction of sp³-hybridized carbons (Fsp3) is 0.368. The lowest BCUT2D eigenvalue weighted by Gasteiger charge is -2.26. The first-order valence-corrected chi connectivity index (χ1v) is 10.4. The first-order valence-electron chi connectivity index (χ1n) is 8.76. The molecule has 0 saturated heterocycles. The molecule has 3 rings (SSSR count). The minimum absolute atomic E-state index is 0.0177. The molecule has 1 aromatic carbocycles. The molecule has 0 saturated carbocycles. The van der Waals surface area contributed by atoms with Gasteiger partial charge >= 0.3 is 0 Å². The van der Waals surface area contributed by atoms with Crippen LogP contribution in [0.2, 0.25) is 0 Å². The van der Waals surface area contributed by atoms with E-state index in [1.165, 1.54) is 11.0 Å². The van der Waals surface area contributed by atoms with Crippen molar-refractivity contribution >= 4 is 21.6 Å². The fourth-order valence-electron chi connectivity index (χ4n) is 3.15. The van der Waals surface area contributed by atoms with Gasteiger partial charge < -0.3 is 4.90 Å². The molecule has 2 heterocycles. The Labute approximate surface area is 158 Å². The Morgan fingerprint density at radius 3 is 2.70 bits per heavy atom. The van der Waals surface area contributed by atoms with Crippen LogP contribution in [0.15, 0.2) is 30.6 Å². The van der Waals surface area contributed by atoms with Crippen LogP contribution < -0.4 is 9.62 Å². The number of anilines is 1. The summed E-state index contributed by atoms with van der Waals surface area (Å²) in [5.41, 5.74) is 3.08. The SMILES string of the molecule is CCS(=O)(=O)NC(C)c1cncc(-c2cc3c(cc2F)N(C)C(=O)CC3)c1. The minimum Gasteiger partial charge on any atom is -0.315 e. The molecule has 0 fully saturated rings. The zero-order valence-corrected chi connectivity index (χ0v) is 16.3. The maximum Gasteiger partial charge on any atom is 0.227 e. The molecule has 0 aliphatic carbocycles. The number of benzene rings is 1. The molecule has 1 N–H and O–H groups in total. The number of amides is 1. The highest BCUT2D eigenvalue weighted by molar-refractivity contribution is 7.89. The van der Waals surface area contributed by atoms with Crippen LogP contribution in [-0.2, 0) is 21.2 Å². The van der Waals surface area contributed by atoms with Gasteiger partial charge in [-0.05, 0) is 49.6 Å². The van der Waals surface area contributed by atoms with E-state index in [0.29, 0.717) is 35.2 Å². The second-order valence-electron chi connectivity index (χ2n) is 6.66. The summed E-state index contributed by atoms with van der Waals surface area (Å²) in [6.45, 7) is 3.28. The third-order valence-corrected chi connectivity index (χ3v) is 6.29. The van der Waals surface area contributed by atoms with Gasteiger partial charge in [0.1, 0.15) is 5.82 Å². The summed E-state index contributed by atoms with van der Waals surface area (Å²) in [6, 6.07) is 4.37. The molecule has 1 aromatic heterocycles. The Morgan fingerprint density at radius 2 is 2.00 bits per heavy atom. The number of carbonyl (C=O) groups excluding carboxylic acids is 1. The second kappa shape index (κ2) is 7.36. The summed E-state index contributed by atoms with van der Waals surface area (Å²) in [5.74, 6) is -0.498. The van der Waals surface area contributed by atoms with Crippen LogP contribution in [0.4, 0.5) is 10.1 Å². The van der Waals surface area contributed by atoms with Crippen molar-refractivity contribution in [2.45, 2.75) is 32.7 Å². The van der Waals surface area contributed by atoms with Crippen molar-refractivity contribution in [1.29, 1.82) is 0 Å². The first-order chi connectivity index (χ1) is 12.7. The molecule has 1 aliphatic rings. The largest absolute Gasteiger partial charge is 0.315 e. The van der Waals surface area contributed by atoms with E-state index in [1.54, 1.807) is 45.4 Å². The van der Waals surface area contributed by atoms with Gasteiger partial charge in [-0.15, -0.1) is 0 Å². The highest BCUT2D eigenvalue weighted by Gasteiger charge is 2.23. The molecule has 0 radical (unpaired) electrons. The molecule has 0 bridgehead atoms. The average molecular weight is 391 g/mol. The molecule has 1 atom stereocenters. The van der Waals surface area contributed by atoms with E-state index in [2.05, 4.69) is 9.71 Å². The van der Waals surface area contributed by atoms with Crippen LogP contribution in [0.5, 0.6) is 0 Å². The first kappa shape index (κ1) is 19.4. The Bertz CT molecular complexity index is 992. The van der Waals surface area contributed by atoms with Crippen molar-refractivity contribution in [2.24, 2.45) is 0 Å². The topological polar surface area (TPSA) is 79.4 Å². The van der Waals surface area contributed by atoms with E-state index in [1.807, 2.05) is 0 Å². The summed E-state index contributed by atoms with van der Waals surface area (Å²) in [5, 5.41) is 0. The van der Waals surface area contributed by atoms with Crippen molar-refractivity contribution in [3.05, 3.63) is 47.5 Å². The highest BCUT2D eigenvalue weighted by atomic mass is 32.2. The number of pyridine rings is 1. The van der Waals surface area contributed by atoms with Crippen molar-refractivity contribution in [1.82, 2.24) is 9.71 Å². The Kier molecular flexibility index (Phi) is 5.30. The zero-order chi connectivity index (χ0) is 19.8. The van der Waals surface area contributed by atoms with Gasteiger partial charge in [0.25, 0.3) is 0 Å². The maximum atomic E-state index is 14.7. The van der Waals surface area contributed by atoms with Gasteiger partial charge in [-0.2, -0.15) is 0 Å². The van der Waals surface area contributed by atoms with Crippen molar-refractivity contribution in [2.75, 3.05) is 17.7 Å². The van der Waals surface area contributed by atoms with Crippen molar-refractivity contribution < 1.29 is 17.6 Å². The summed E-state index contributed by atoms with van der Waals surface area (Å²) < 4.78 is 40.9. The Morgan fingerprint density at radius 1 is 1.26 bits per heavy atom. The highest BCUT2D eigenvalue weighted by Crippen LogP contribution is 2.34. The third kappa shape index (κ3) is 4.01. The number of rotatable bonds is 5. The molecule has 144 valence electrons. The predicted molar refractivity (Wildman–Crippen MR) is 102 cm³/mol. The number of nitrogens with zero attached hydrogens (tertiary/aromatic N) is 2. The monoisotopic (exact) mass is 391 g/mol. The number of sulfonamides is 1. The average Bonchev–Trinajstić information content (AvgIpc) is 2.64. The lowest BCUT2D eigenvalue weighted by Crippen LogP contribution is -2.31. The van der Waals surface area contributed by atoms with Gasteiger partial charge in [0.2, 0.25) is 15.9 Å². The molecule has 0 spiro atoms. The van der Waals surface area contributed by atoms with Crippen LogP contribution in [0.25, 0.3) is 11.1 Å². The van der Waals surface area contributed by atoms with Gasteiger partial charge in [0.05, 0.1) is 5.75 Å². The predicted octanol–water partition coefficient (Wildman–Crippen LogP) is 2.80. The van der Waals surface area contributed by atoms with Gasteiger partial charge in [0.15, 0.2) is 0 Å². The van der Waals surface area contributed by atoms with Crippen molar-refractivity contribution in [3.63, 3.8) is 0 Å². The van der Waals surface area contributed by atoms with E-state index in [-0.39, 0.29) is 11.7 Å². The normalized spacial score (nSPS) is 15.6. The number of hydrogen-bond acceptors (Lipinski definition) is 4. The van der Waals surface area contributed by atoms with Gasteiger partial charge in [0, 0.05) is 48.7 Å². The summed E-state index contributed by atoms with van der Waals surface area (Å²) in [4.78, 5) is 17.4. The van der Waals surface area contributed by atoms with Crippen LogP contribution in [0, 0.1) is 5.82 Å². The summed E-state index contributed by atoms with van der Waals surface area (Å²) in [7, 11) is -1.72. The molecular formula is C19H22FN3O3S. The van der Waals surface area contributed by atoms with Gasteiger partial charge in [-0.1, -0.05) is 0 Å². The molecule has 1 unspecified atom stereocenters. The van der Waals surface area contributed by atoms with E-state index in [4.69, 9.17) is 0 Å². The number of halogens is 1. The lowest BCUT2D eigenvalue weighted by atomic mass is 9.95. The number of carbonyl (C=O) groups is 1.